The molecule has 0 radical (unpaired) electrons. The molecule has 1 spiro atoms. The first-order valence-electron chi connectivity index (χ1n) is 10.4. The highest BCUT2D eigenvalue weighted by molar-refractivity contribution is 5.98. The smallest absolute Gasteiger partial charge is 0.270 e. The molecule has 0 bridgehead atoms. The number of rotatable bonds is 4. The molecule has 2 aliphatic rings. The van der Waals surface area contributed by atoms with Crippen molar-refractivity contribution in [3.05, 3.63) is 36.0 Å². The van der Waals surface area contributed by atoms with E-state index in [0.717, 1.165) is 76.2 Å². The number of piperidine rings is 1. The Balaban J connectivity index is 1.48. The van der Waals surface area contributed by atoms with E-state index < -0.39 is 0 Å². The maximum Gasteiger partial charge on any atom is 0.270 e. The molecular formula is C22H32N4O2. The Kier molecular flexibility index (Phi) is 5.71. The normalized spacial score (nSPS) is 24.2. The number of hydrogen-bond acceptors (Lipinski definition) is 4. The lowest BCUT2D eigenvalue weighted by molar-refractivity contribution is 0.00697. The zero-order chi connectivity index (χ0) is 19.6. The number of ether oxygens (including phenoxy) is 1. The molecule has 1 N–H and O–H groups in total. The van der Waals surface area contributed by atoms with E-state index in [4.69, 9.17) is 4.74 Å². The van der Waals surface area contributed by atoms with E-state index in [2.05, 4.69) is 28.9 Å². The number of benzene rings is 1. The summed E-state index contributed by atoms with van der Waals surface area (Å²) in [4.78, 5) is 23.3. The molecule has 4 rings (SSSR count). The lowest BCUT2D eigenvalue weighted by atomic mass is 9.80. The number of para-hydroxylation sites is 1. The number of carbonyl (C=O) groups is 1. The third kappa shape index (κ3) is 4.24. The van der Waals surface area contributed by atoms with Gasteiger partial charge in [-0.3, -0.25) is 9.69 Å². The molecule has 1 aromatic carbocycles. The fourth-order valence-electron chi connectivity index (χ4n) is 4.60. The van der Waals surface area contributed by atoms with Crippen LogP contribution in [0.5, 0.6) is 0 Å². The molecule has 28 heavy (non-hydrogen) atoms. The number of nitrogens with zero attached hydrogens (tertiary/aromatic N) is 3. The number of fused-ring (bicyclic) bond motifs is 1. The van der Waals surface area contributed by atoms with Crippen molar-refractivity contribution in [3.8, 4) is 0 Å². The van der Waals surface area contributed by atoms with Gasteiger partial charge in [0.15, 0.2) is 0 Å². The Bertz CT molecular complexity index is 785. The summed E-state index contributed by atoms with van der Waals surface area (Å²) in [6, 6.07) is 10.0. The van der Waals surface area contributed by atoms with Crippen LogP contribution in [-0.2, 0) is 4.74 Å². The molecule has 1 atom stereocenters. The number of aromatic nitrogens is 1. The van der Waals surface area contributed by atoms with Gasteiger partial charge in [-0.15, -0.1) is 0 Å². The van der Waals surface area contributed by atoms with Crippen LogP contribution in [-0.4, -0.2) is 92.2 Å². The highest BCUT2D eigenvalue weighted by atomic mass is 16.5. The number of nitrogens with one attached hydrogen (secondary N) is 1. The van der Waals surface area contributed by atoms with Gasteiger partial charge in [0.1, 0.15) is 5.69 Å². The van der Waals surface area contributed by atoms with E-state index in [1.807, 2.05) is 35.2 Å². The van der Waals surface area contributed by atoms with E-state index in [-0.39, 0.29) is 11.3 Å². The Morgan fingerprint density at radius 2 is 2.11 bits per heavy atom. The predicted molar refractivity (Wildman–Crippen MR) is 112 cm³/mol. The number of carbonyl (C=O) groups excluding carboxylic acids is 1. The molecule has 2 aliphatic heterocycles. The summed E-state index contributed by atoms with van der Waals surface area (Å²) in [7, 11) is 4.23. The van der Waals surface area contributed by atoms with E-state index in [0.29, 0.717) is 5.69 Å². The Morgan fingerprint density at radius 1 is 1.25 bits per heavy atom. The second kappa shape index (κ2) is 8.23. The number of likely N-dealkylation sites (N-methyl/N-ethyl adjacent to an activating group) is 1. The first kappa shape index (κ1) is 19.4. The number of amides is 1. The van der Waals surface area contributed by atoms with Gasteiger partial charge in [-0.25, -0.2) is 0 Å². The van der Waals surface area contributed by atoms with Crippen molar-refractivity contribution in [2.45, 2.75) is 12.8 Å². The second-order valence-electron chi connectivity index (χ2n) is 8.73. The zero-order valence-corrected chi connectivity index (χ0v) is 17.1. The summed E-state index contributed by atoms with van der Waals surface area (Å²) in [6.07, 6.45) is 2.17. The summed E-state index contributed by atoms with van der Waals surface area (Å²) >= 11 is 0. The number of hydrogen-bond donors (Lipinski definition) is 1. The SMILES string of the molecule is CN(C)CCN1CCOCC2(CCCN(C(=O)c3cc4ccccc4[nH]3)C2)C1. The molecular weight excluding hydrogens is 352 g/mol. The molecule has 1 amide bonds. The summed E-state index contributed by atoms with van der Waals surface area (Å²) in [5.74, 6) is 0.111. The summed E-state index contributed by atoms with van der Waals surface area (Å²) in [6.45, 7) is 7.23. The van der Waals surface area contributed by atoms with Gasteiger partial charge < -0.3 is 19.5 Å². The third-order valence-corrected chi connectivity index (χ3v) is 6.09. The van der Waals surface area contributed by atoms with Crippen LogP contribution < -0.4 is 0 Å². The zero-order valence-electron chi connectivity index (χ0n) is 17.1. The first-order chi connectivity index (χ1) is 13.5. The van der Waals surface area contributed by atoms with Gasteiger partial charge in [-0.2, -0.15) is 0 Å². The maximum absolute atomic E-state index is 13.2. The number of likely N-dealkylation sites (tertiary alicyclic amines) is 1. The minimum atomic E-state index is 0.0444. The van der Waals surface area contributed by atoms with E-state index in [1.165, 1.54) is 0 Å². The Hall–Kier alpha value is -1.89. The lowest BCUT2D eigenvalue weighted by Crippen LogP contribution is -2.52. The summed E-state index contributed by atoms with van der Waals surface area (Å²) in [5.41, 5.74) is 1.76. The second-order valence-corrected chi connectivity index (χ2v) is 8.73. The van der Waals surface area contributed by atoms with E-state index >= 15 is 0 Å². The Morgan fingerprint density at radius 3 is 2.93 bits per heavy atom. The topological polar surface area (TPSA) is 51.8 Å². The molecule has 2 fully saturated rings. The van der Waals surface area contributed by atoms with Crippen molar-refractivity contribution >= 4 is 16.8 Å². The van der Waals surface area contributed by atoms with Gasteiger partial charge in [0.05, 0.1) is 13.2 Å². The maximum atomic E-state index is 13.2. The minimum Gasteiger partial charge on any atom is -0.379 e. The molecule has 2 saturated heterocycles. The van der Waals surface area contributed by atoms with Crippen LogP contribution in [0.1, 0.15) is 23.3 Å². The van der Waals surface area contributed by atoms with Crippen molar-refractivity contribution < 1.29 is 9.53 Å². The van der Waals surface area contributed by atoms with Gasteiger partial charge in [0.25, 0.3) is 5.91 Å². The fourth-order valence-corrected chi connectivity index (χ4v) is 4.60. The van der Waals surface area contributed by atoms with Crippen LogP contribution >= 0.6 is 0 Å². The average Bonchev–Trinajstić information content (AvgIpc) is 3.03. The van der Waals surface area contributed by atoms with Crippen LogP contribution in [0.25, 0.3) is 10.9 Å². The number of aromatic amines is 1. The number of H-pyrrole nitrogens is 1. The highest BCUT2D eigenvalue weighted by Gasteiger charge is 2.40. The summed E-state index contributed by atoms with van der Waals surface area (Å²) < 4.78 is 6.01. The van der Waals surface area contributed by atoms with Crippen molar-refractivity contribution in [1.29, 1.82) is 0 Å². The van der Waals surface area contributed by atoms with Crippen molar-refractivity contribution in [1.82, 2.24) is 19.7 Å². The van der Waals surface area contributed by atoms with Crippen molar-refractivity contribution in [3.63, 3.8) is 0 Å². The lowest BCUT2D eigenvalue weighted by Gasteiger charge is -2.43. The van der Waals surface area contributed by atoms with Crippen LogP contribution in [0.2, 0.25) is 0 Å². The molecule has 3 heterocycles. The van der Waals surface area contributed by atoms with Crippen molar-refractivity contribution in [2.75, 3.05) is 66.6 Å². The molecule has 0 aliphatic carbocycles. The minimum absolute atomic E-state index is 0.0444. The van der Waals surface area contributed by atoms with Gasteiger partial charge >= 0.3 is 0 Å². The molecule has 6 nitrogen and oxygen atoms in total. The van der Waals surface area contributed by atoms with Gasteiger partial charge in [0.2, 0.25) is 0 Å². The largest absolute Gasteiger partial charge is 0.379 e. The van der Waals surface area contributed by atoms with Gasteiger partial charge in [-0.05, 0) is 39.1 Å². The first-order valence-corrected chi connectivity index (χ1v) is 10.4. The van der Waals surface area contributed by atoms with Gasteiger partial charge in [0, 0.05) is 55.6 Å². The average molecular weight is 385 g/mol. The van der Waals surface area contributed by atoms with E-state index in [9.17, 15) is 4.79 Å². The van der Waals surface area contributed by atoms with Crippen LogP contribution in [0.4, 0.5) is 0 Å². The molecule has 152 valence electrons. The molecule has 0 saturated carbocycles. The molecule has 6 heteroatoms. The van der Waals surface area contributed by atoms with Crippen molar-refractivity contribution in [2.24, 2.45) is 5.41 Å². The van der Waals surface area contributed by atoms with Crippen LogP contribution in [0.3, 0.4) is 0 Å². The van der Waals surface area contributed by atoms with E-state index in [1.54, 1.807) is 0 Å². The fraction of sp³-hybridized carbons (Fsp3) is 0.591. The molecule has 1 aromatic heterocycles. The van der Waals surface area contributed by atoms with Crippen LogP contribution in [0.15, 0.2) is 30.3 Å². The predicted octanol–water partition coefficient (Wildman–Crippen LogP) is 2.28. The highest BCUT2D eigenvalue weighted by Crippen LogP contribution is 2.33. The van der Waals surface area contributed by atoms with Gasteiger partial charge in [-0.1, -0.05) is 18.2 Å². The molecule has 2 aromatic rings. The van der Waals surface area contributed by atoms with Crippen LogP contribution in [0, 0.1) is 5.41 Å². The Labute approximate surface area is 167 Å². The standard InChI is InChI=1S/C22H32N4O2/c1-24(2)10-11-25-12-13-28-17-22(15-25)8-5-9-26(16-22)21(27)20-14-18-6-3-4-7-19(18)23-20/h3-4,6-7,14,23H,5,8-13,15-17H2,1-2H3. The third-order valence-electron chi connectivity index (χ3n) is 6.09. The molecule has 1 unspecified atom stereocenters. The monoisotopic (exact) mass is 384 g/mol. The quantitative estimate of drug-likeness (QED) is 0.879. The summed E-state index contributed by atoms with van der Waals surface area (Å²) in [5, 5.41) is 1.09.